The largest absolute Gasteiger partial charge is 0.356 e. The summed E-state index contributed by atoms with van der Waals surface area (Å²) in [6.45, 7) is 1.93. The predicted octanol–water partition coefficient (Wildman–Crippen LogP) is 5.06. The number of benzene rings is 1. The third-order valence-electron chi connectivity index (χ3n) is 4.34. The number of carbonyl (C=O) groups excluding carboxylic acids is 1. The van der Waals surface area contributed by atoms with Gasteiger partial charge in [-0.05, 0) is 43.4 Å². The second kappa shape index (κ2) is 7.61. The number of rotatable bonds is 4. The Labute approximate surface area is 168 Å². The highest BCUT2D eigenvalue weighted by atomic mass is 35.5. The van der Waals surface area contributed by atoms with E-state index in [1.54, 1.807) is 0 Å². The average Bonchev–Trinajstić information content (AvgIpc) is 3.33. The van der Waals surface area contributed by atoms with Gasteiger partial charge >= 0.3 is 0 Å². The van der Waals surface area contributed by atoms with Gasteiger partial charge in [-0.25, -0.2) is 14.4 Å². The Morgan fingerprint density at radius 2 is 2.07 bits per heavy atom. The highest BCUT2D eigenvalue weighted by Crippen LogP contribution is 2.34. The second-order valence-corrected chi connectivity index (χ2v) is 8.35. The molecule has 140 valence electrons. The summed E-state index contributed by atoms with van der Waals surface area (Å²) in [7, 11) is 0. The Bertz CT molecular complexity index is 1020. The van der Waals surface area contributed by atoms with Crippen molar-refractivity contribution in [1.29, 1.82) is 0 Å². The standard InChI is InChI=1S/C18H16ClFN4OS2/c1-26-18-22-15(24-6-2-3-7-24)11-9-14(27-17(11)23-18)16(25)21-10-4-5-13(20)12(19)8-10/h4-5,8-9H,2-3,6-7H2,1H3,(H,21,25). The lowest BCUT2D eigenvalue weighted by Gasteiger charge is -2.17. The van der Waals surface area contributed by atoms with Crippen LogP contribution in [0.4, 0.5) is 15.9 Å². The molecule has 0 atom stereocenters. The molecule has 4 rings (SSSR count). The molecule has 9 heteroatoms. The maximum absolute atomic E-state index is 13.3. The molecule has 1 aliphatic heterocycles. The van der Waals surface area contributed by atoms with Crippen molar-refractivity contribution < 1.29 is 9.18 Å². The van der Waals surface area contributed by atoms with E-state index in [9.17, 15) is 9.18 Å². The summed E-state index contributed by atoms with van der Waals surface area (Å²) in [6, 6.07) is 5.93. The fraction of sp³-hybridized carbons (Fsp3) is 0.278. The first kappa shape index (κ1) is 18.5. The summed E-state index contributed by atoms with van der Waals surface area (Å²) in [6.07, 6.45) is 4.22. The van der Waals surface area contributed by atoms with Crippen molar-refractivity contribution in [2.45, 2.75) is 18.0 Å². The first-order valence-electron chi connectivity index (χ1n) is 8.42. The van der Waals surface area contributed by atoms with E-state index in [0.717, 1.165) is 42.0 Å². The molecule has 1 aromatic carbocycles. The first-order chi connectivity index (χ1) is 13.0. The van der Waals surface area contributed by atoms with E-state index in [0.29, 0.717) is 15.7 Å². The Kier molecular flexibility index (Phi) is 5.21. The van der Waals surface area contributed by atoms with Gasteiger partial charge in [0, 0.05) is 18.8 Å². The van der Waals surface area contributed by atoms with Crippen LogP contribution >= 0.6 is 34.7 Å². The molecule has 2 aromatic heterocycles. The van der Waals surface area contributed by atoms with Gasteiger partial charge in [0.1, 0.15) is 16.5 Å². The van der Waals surface area contributed by atoms with Gasteiger partial charge in [-0.2, -0.15) is 0 Å². The predicted molar refractivity (Wildman–Crippen MR) is 110 cm³/mol. The van der Waals surface area contributed by atoms with Crippen molar-refractivity contribution in [2.75, 3.05) is 29.6 Å². The van der Waals surface area contributed by atoms with Gasteiger partial charge in [0.05, 0.1) is 15.3 Å². The molecule has 0 unspecified atom stereocenters. The summed E-state index contributed by atoms with van der Waals surface area (Å²) >= 11 is 8.60. The third kappa shape index (κ3) is 3.74. The molecular formula is C18H16ClFN4OS2. The van der Waals surface area contributed by atoms with E-state index in [1.165, 1.54) is 41.3 Å². The highest BCUT2D eigenvalue weighted by Gasteiger charge is 2.21. The van der Waals surface area contributed by atoms with Crippen LogP contribution in [0.1, 0.15) is 22.5 Å². The van der Waals surface area contributed by atoms with Crippen LogP contribution in [-0.2, 0) is 0 Å². The minimum atomic E-state index is -0.522. The molecule has 0 aliphatic carbocycles. The van der Waals surface area contributed by atoms with Crippen LogP contribution in [-0.4, -0.2) is 35.2 Å². The van der Waals surface area contributed by atoms with Gasteiger partial charge in [-0.15, -0.1) is 11.3 Å². The molecule has 27 heavy (non-hydrogen) atoms. The van der Waals surface area contributed by atoms with E-state index < -0.39 is 5.82 Å². The number of aromatic nitrogens is 2. The minimum absolute atomic E-state index is 0.0315. The van der Waals surface area contributed by atoms with Crippen molar-refractivity contribution >= 4 is 62.3 Å². The van der Waals surface area contributed by atoms with Crippen molar-refractivity contribution in [3.63, 3.8) is 0 Å². The van der Waals surface area contributed by atoms with Crippen LogP contribution in [0.25, 0.3) is 10.2 Å². The fourth-order valence-corrected chi connectivity index (χ4v) is 4.55. The summed E-state index contributed by atoms with van der Waals surface area (Å²) in [5.74, 6) is 0.0902. The van der Waals surface area contributed by atoms with Crippen molar-refractivity contribution in [3.05, 3.63) is 40.0 Å². The smallest absolute Gasteiger partial charge is 0.265 e. The summed E-state index contributed by atoms with van der Waals surface area (Å²) in [5, 5.41) is 4.32. The molecule has 1 amide bonds. The van der Waals surface area contributed by atoms with E-state index in [2.05, 4.69) is 20.2 Å². The van der Waals surface area contributed by atoms with Gasteiger partial charge < -0.3 is 10.2 Å². The number of thioether (sulfide) groups is 1. The lowest BCUT2D eigenvalue weighted by Crippen LogP contribution is -2.19. The molecule has 1 aliphatic rings. The highest BCUT2D eigenvalue weighted by molar-refractivity contribution is 7.98. The van der Waals surface area contributed by atoms with Gasteiger partial charge in [0.15, 0.2) is 5.16 Å². The van der Waals surface area contributed by atoms with Crippen molar-refractivity contribution in [1.82, 2.24) is 9.97 Å². The van der Waals surface area contributed by atoms with Crippen LogP contribution in [0, 0.1) is 5.82 Å². The molecule has 1 fully saturated rings. The number of carbonyl (C=O) groups is 1. The van der Waals surface area contributed by atoms with E-state index in [4.69, 9.17) is 11.6 Å². The number of anilines is 2. The van der Waals surface area contributed by atoms with Crippen molar-refractivity contribution in [3.8, 4) is 0 Å². The number of thiophene rings is 1. The van der Waals surface area contributed by atoms with Gasteiger partial charge in [0.25, 0.3) is 5.91 Å². The minimum Gasteiger partial charge on any atom is -0.356 e. The van der Waals surface area contributed by atoms with Crippen molar-refractivity contribution in [2.24, 2.45) is 0 Å². The SMILES string of the molecule is CSc1nc(N2CCCC2)c2cc(C(=O)Nc3ccc(F)c(Cl)c3)sc2n1. The maximum Gasteiger partial charge on any atom is 0.265 e. The second-order valence-electron chi connectivity index (χ2n) is 6.14. The zero-order chi connectivity index (χ0) is 19.0. The molecular weight excluding hydrogens is 407 g/mol. The zero-order valence-electron chi connectivity index (χ0n) is 14.5. The number of hydrogen-bond donors (Lipinski definition) is 1. The lowest BCUT2D eigenvalue weighted by atomic mass is 10.3. The Morgan fingerprint density at radius 3 is 2.78 bits per heavy atom. The topological polar surface area (TPSA) is 58.1 Å². The molecule has 1 saturated heterocycles. The normalized spacial score (nSPS) is 14.1. The molecule has 0 spiro atoms. The number of nitrogens with one attached hydrogen (secondary N) is 1. The van der Waals surface area contributed by atoms with E-state index in [1.807, 2.05) is 12.3 Å². The Balaban J connectivity index is 1.68. The first-order valence-corrected chi connectivity index (χ1v) is 10.8. The molecule has 3 heterocycles. The number of hydrogen-bond acceptors (Lipinski definition) is 6. The Hall–Kier alpha value is -1.90. The average molecular weight is 423 g/mol. The molecule has 0 saturated carbocycles. The molecule has 5 nitrogen and oxygen atoms in total. The Morgan fingerprint density at radius 1 is 1.30 bits per heavy atom. The molecule has 1 N–H and O–H groups in total. The fourth-order valence-electron chi connectivity index (χ4n) is 3.03. The summed E-state index contributed by atoms with van der Waals surface area (Å²) in [4.78, 5) is 25.5. The van der Waals surface area contributed by atoms with Crippen LogP contribution in [0.2, 0.25) is 5.02 Å². The maximum atomic E-state index is 13.3. The summed E-state index contributed by atoms with van der Waals surface area (Å²) < 4.78 is 13.3. The quantitative estimate of drug-likeness (QED) is 0.470. The van der Waals surface area contributed by atoms with Crippen LogP contribution in [0.3, 0.4) is 0 Å². The monoisotopic (exact) mass is 422 g/mol. The van der Waals surface area contributed by atoms with Gasteiger partial charge in [-0.1, -0.05) is 23.4 Å². The third-order valence-corrected chi connectivity index (χ3v) is 6.21. The molecule has 0 radical (unpaired) electrons. The van der Waals surface area contributed by atoms with Gasteiger partial charge in [-0.3, -0.25) is 4.79 Å². The molecule has 3 aromatic rings. The number of nitrogens with zero attached hydrogens (tertiary/aromatic N) is 3. The van der Waals surface area contributed by atoms with E-state index >= 15 is 0 Å². The van der Waals surface area contributed by atoms with Crippen LogP contribution in [0.5, 0.6) is 0 Å². The van der Waals surface area contributed by atoms with E-state index in [-0.39, 0.29) is 10.9 Å². The van der Waals surface area contributed by atoms with Gasteiger partial charge in [0.2, 0.25) is 0 Å². The number of fused-ring (bicyclic) bond motifs is 1. The number of amides is 1. The summed E-state index contributed by atoms with van der Waals surface area (Å²) in [5.41, 5.74) is 0.444. The van der Waals surface area contributed by atoms with Crippen LogP contribution in [0.15, 0.2) is 29.4 Å². The lowest BCUT2D eigenvalue weighted by molar-refractivity contribution is 0.103. The molecule has 0 bridgehead atoms. The van der Waals surface area contributed by atoms with Crippen LogP contribution < -0.4 is 10.2 Å². The zero-order valence-corrected chi connectivity index (χ0v) is 16.8. The number of halogens is 2.